The lowest BCUT2D eigenvalue weighted by Gasteiger charge is -2.24. The van der Waals surface area contributed by atoms with Crippen LogP contribution in [0.1, 0.15) is 30.9 Å². The molecule has 0 saturated carbocycles. The molecule has 1 aromatic carbocycles. The van der Waals surface area contributed by atoms with Crippen molar-refractivity contribution in [3.05, 3.63) is 29.6 Å². The number of hydrogen-bond acceptors (Lipinski definition) is 2. The quantitative estimate of drug-likeness (QED) is 0.835. The second-order valence-corrected chi connectivity index (χ2v) is 4.24. The molecule has 0 aromatic heterocycles. The van der Waals surface area contributed by atoms with E-state index in [0.717, 1.165) is 37.9 Å². The van der Waals surface area contributed by atoms with Crippen molar-refractivity contribution >= 4 is 12.4 Å². The van der Waals surface area contributed by atoms with Gasteiger partial charge in [-0.25, -0.2) is 4.39 Å². The van der Waals surface area contributed by atoms with E-state index in [-0.39, 0.29) is 18.4 Å². The second kappa shape index (κ2) is 6.43. The second-order valence-electron chi connectivity index (χ2n) is 4.24. The summed E-state index contributed by atoms with van der Waals surface area (Å²) in [6, 6.07) is 3.60. The Morgan fingerprint density at radius 2 is 1.95 bits per heavy atom. The average molecular weight is 300 g/mol. The third kappa shape index (κ3) is 4.54. The van der Waals surface area contributed by atoms with E-state index in [1.807, 2.05) is 0 Å². The lowest BCUT2D eigenvalue weighted by molar-refractivity contribution is -0.275. The summed E-state index contributed by atoms with van der Waals surface area (Å²) >= 11 is 0. The normalized spacial score (nSPS) is 19.7. The molecule has 0 amide bonds. The van der Waals surface area contributed by atoms with Gasteiger partial charge in [0.1, 0.15) is 0 Å². The van der Waals surface area contributed by atoms with Crippen LogP contribution in [0.15, 0.2) is 18.2 Å². The number of nitrogens with one attached hydrogen (secondary N) is 1. The van der Waals surface area contributed by atoms with Crippen LogP contribution in [0.25, 0.3) is 0 Å². The number of hydrogen-bond donors (Lipinski definition) is 1. The minimum atomic E-state index is -4.87. The summed E-state index contributed by atoms with van der Waals surface area (Å²) in [5.41, 5.74) is 0.654. The largest absolute Gasteiger partial charge is 0.573 e. The predicted octanol–water partition coefficient (Wildman–Crippen LogP) is 3.96. The molecule has 1 aromatic rings. The fourth-order valence-electron chi connectivity index (χ4n) is 2.08. The number of alkyl halides is 3. The molecule has 0 radical (unpaired) electrons. The highest BCUT2D eigenvalue weighted by Gasteiger charge is 2.32. The van der Waals surface area contributed by atoms with Gasteiger partial charge in [-0.15, -0.1) is 25.6 Å². The third-order valence-electron chi connectivity index (χ3n) is 2.89. The molecule has 1 saturated heterocycles. The minimum Gasteiger partial charge on any atom is -0.403 e. The Hall–Kier alpha value is -1.01. The molecule has 1 atom stereocenters. The Morgan fingerprint density at radius 1 is 1.21 bits per heavy atom. The maximum Gasteiger partial charge on any atom is 0.573 e. The maximum absolute atomic E-state index is 13.5. The van der Waals surface area contributed by atoms with Crippen molar-refractivity contribution in [3.63, 3.8) is 0 Å². The smallest absolute Gasteiger partial charge is 0.403 e. The lowest BCUT2D eigenvalue weighted by Crippen LogP contribution is -2.26. The molecular formula is C12H14ClF4NO. The fourth-order valence-corrected chi connectivity index (χ4v) is 2.08. The molecule has 0 aliphatic carbocycles. The molecule has 0 spiro atoms. The van der Waals surface area contributed by atoms with Crippen LogP contribution in [0.4, 0.5) is 17.6 Å². The van der Waals surface area contributed by atoms with Crippen molar-refractivity contribution < 1.29 is 22.3 Å². The monoisotopic (exact) mass is 299 g/mol. The van der Waals surface area contributed by atoms with Crippen LogP contribution in [-0.2, 0) is 0 Å². The molecule has 1 aliphatic rings. The van der Waals surface area contributed by atoms with Gasteiger partial charge in [0.25, 0.3) is 0 Å². The van der Waals surface area contributed by atoms with Crippen LogP contribution in [-0.4, -0.2) is 12.9 Å². The summed E-state index contributed by atoms with van der Waals surface area (Å²) in [5, 5.41) is 3.20. The highest BCUT2D eigenvalue weighted by atomic mass is 35.5. The molecular weight excluding hydrogens is 286 g/mol. The first-order valence-corrected chi connectivity index (χ1v) is 5.74. The van der Waals surface area contributed by atoms with Gasteiger partial charge in [0, 0.05) is 6.04 Å². The number of rotatable bonds is 2. The highest BCUT2D eigenvalue weighted by molar-refractivity contribution is 5.85. The highest BCUT2D eigenvalue weighted by Crippen LogP contribution is 2.29. The molecule has 1 fully saturated rings. The first kappa shape index (κ1) is 16.0. The molecule has 108 valence electrons. The van der Waals surface area contributed by atoms with Gasteiger partial charge in [0.05, 0.1) is 0 Å². The molecule has 0 unspecified atom stereocenters. The van der Waals surface area contributed by atoms with E-state index in [0.29, 0.717) is 5.56 Å². The fraction of sp³-hybridized carbons (Fsp3) is 0.500. The van der Waals surface area contributed by atoms with Crippen molar-refractivity contribution in [1.82, 2.24) is 5.32 Å². The van der Waals surface area contributed by atoms with E-state index in [1.165, 1.54) is 6.07 Å². The molecule has 19 heavy (non-hydrogen) atoms. The summed E-state index contributed by atoms with van der Waals surface area (Å²) in [5.74, 6) is -1.78. The summed E-state index contributed by atoms with van der Waals surface area (Å²) in [6.07, 6.45) is -1.92. The first-order chi connectivity index (χ1) is 8.46. The number of halogens is 5. The maximum atomic E-state index is 13.5. The van der Waals surface area contributed by atoms with E-state index < -0.39 is 17.9 Å². The van der Waals surface area contributed by atoms with Gasteiger partial charge in [0.2, 0.25) is 0 Å². The molecule has 7 heteroatoms. The number of benzene rings is 1. The Bertz CT molecular complexity index is 419. The summed E-state index contributed by atoms with van der Waals surface area (Å²) in [4.78, 5) is 0. The minimum absolute atomic E-state index is 0. The van der Waals surface area contributed by atoms with Gasteiger partial charge in [-0.2, -0.15) is 0 Å². The topological polar surface area (TPSA) is 21.3 Å². The molecule has 2 rings (SSSR count). The van der Waals surface area contributed by atoms with E-state index in [4.69, 9.17) is 0 Å². The predicted molar refractivity (Wildman–Crippen MR) is 64.9 cm³/mol. The van der Waals surface area contributed by atoms with Gasteiger partial charge in [0.15, 0.2) is 11.6 Å². The van der Waals surface area contributed by atoms with Gasteiger partial charge in [-0.05, 0) is 37.1 Å². The van der Waals surface area contributed by atoms with Gasteiger partial charge >= 0.3 is 6.36 Å². The van der Waals surface area contributed by atoms with E-state index in [2.05, 4.69) is 10.1 Å². The van der Waals surface area contributed by atoms with Crippen molar-refractivity contribution in [1.29, 1.82) is 0 Å². The molecule has 0 bridgehead atoms. The number of ether oxygens (including phenoxy) is 1. The first-order valence-electron chi connectivity index (χ1n) is 5.74. The Morgan fingerprint density at radius 3 is 2.47 bits per heavy atom. The standard InChI is InChI=1S/C12H13F4NO.ClH/c13-9-7-8(10-3-1-2-6-17-10)4-5-11(9)18-12(14,15)16;/h4-5,7,10,17H,1-3,6H2;1H/t10-;/m0./s1. The SMILES string of the molecule is Cl.Fc1cc([C@@H]2CCCCN2)ccc1OC(F)(F)F. The van der Waals surface area contributed by atoms with Gasteiger partial charge in [-0.1, -0.05) is 12.5 Å². The van der Waals surface area contributed by atoms with Crippen molar-refractivity contribution in [2.75, 3.05) is 6.54 Å². The zero-order valence-electron chi connectivity index (χ0n) is 9.97. The van der Waals surface area contributed by atoms with Crippen LogP contribution in [0, 0.1) is 5.82 Å². The Labute approximate surface area is 114 Å². The van der Waals surface area contributed by atoms with Crippen LogP contribution in [0.2, 0.25) is 0 Å². The Balaban J connectivity index is 0.00000180. The van der Waals surface area contributed by atoms with Crippen molar-refractivity contribution in [2.45, 2.75) is 31.7 Å². The van der Waals surface area contributed by atoms with Crippen LogP contribution in [0.5, 0.6) is 5.75 Å². The Kier molecular flexibility index (Phi) is 5.43. The molecule has 1 aliphatic heterocycles. The van der Waals surface area contributed by atoms with Gasteiger partial charge in [-0.3, -0.25) is 0 Å². The van der Waals surface area contributed by atoms with E-state index in [1.54, 1.807) is 0 Å². The molecule has 2 nitrogen and oxygen atoms in total. The third-order valence-corrected chi connectivity index (χ3v) is 2.89. The van der Waals surface area contributed by atoms with Crippen LogP contribution >= 0.6 is 12.4 Å². The average Bonchev–Trinajstić information content (AvgIpc) is 2.31. The summed E-state index contributed by atoms with van der Waals surface area (Å²) < 4.78 is 53.0. The summed E-state index contributed by atoms with van der Waals surface area (Å²) in [7, 11) is 0. The lowest BCUT2D eigenvalue weighted by atomic mass is 9.97. The zero-order valence-corrected chi connectivity index (χ0v) is 10.8. The van der Waals surface area contributed by atoms with E-state index >= 15 is 0 Å². The van der Waals surface area contributed by atoms with Crippen molar-refractivity contribution in [2.24, 2.45) is 0 Å². The van der Waals surface area contributed by atoms with Crippen LogP contribution < -0.4 is 10.1 Å². The van der Waals surface area contributed by atoms with Crippen molar-refractivity contribution in [3.8, 4) is 5.75 Å². The zero-order chi connectivity index (χ0) is 13.2. The molecule has 1 N–H and O–H groups in total. The van der Waals surface area contributed by atoms with E-state index in [9.17, 15) is 17.6 Å². The van der Waals surface area contributed by atoms with Gasteiger partial charge < -0.3 is 10.1 Å². The van der Waals surface area contributed by atoms with Crippen LogP contribution in [0.3, 0.4) is 0 Å². The molecule has 1 heterocycles. The summed E-state index contributed by atoms with van der Waals surface area (Å²) in [6.45, 7) is 0.840. The number of piperidine rings is 1.